The predicted molar refractivity (Wildman–Crippen MR) is 88.3 cm³/mol. The summed E-state index contributed by atoms with van der Waals surface area (Å²) in [6.45, 7) is 0. The maximum absolute atomic E-state index is 10.8. The molecule has 0 amide bonds. The first kappa shape index (κ1) is 14.2. The molecular weight excluding hydrogens is 528 g/mol. The Bertz CT molecular complexity index is 615. The summed E-state index contributed by atoms with van der Waals surface area (Å²) in [4.78, 5) is 14.6. The average molecular weight is 534 g/mol. The van der Waals surface area contributed by atoms with Gasteiger partial charge in [0, 0.05) is 17.5 Å². The summed E-state index contributed by atoms with van der Waals surface area (Å²) in [5, 5.41) is 11.3. The molecule has 0 aliphatic heterocycles. The molecule has 0 saturated heterocycles. The lowest BCUT2D eigenvalue weighted by Gasteiger charge is -2.09. The van der Waals surface area contributed by atoms with Gasteiger partial charge in [-0.15, -0.1) is 0 Å². The maximum Gasteiger partial charge on any atom is 0.269 e. The van der Waals surface area contributed by atoms with Crippen molar-refractivity contribution in [3.05, 3.63) is 47.6 Å². The standard InChI is InChI=1S/C10H6BrI2N3O2/c11-4-6-3-7(16(17)18)1-2-8(6)15-5-14-9(12)10(15)13/h1-3,5H,4H2. The number of rotatable bonds is 3. The van der Waals surface area contributed by atoms with Crippen molar-refractivity contribution in [3.63, 3.8) is 0 Å². The third-order valence-corrected chi connectivity index (χ3v) is 5.80. The molecule has 0 fully saturated rings. The molecule has 2 aromatic rings. The number of aromatic nitrogens is 2. The van der Waals surface area contributed by atoms with Gasteiger partial charge in [0.25, 0.3) is 5.69 Å². The van der Waals surface area contributed by atoms with E-state index in [1.807, 2.05) is 4.57 Å². The summed E-state index contributed by atoms with van der Waals surface area (Å²) < 4.78 is 3.82. The lowest BCUT2D eigenvalue weighted by molar-refractivity contribution is -0.384. The van der Waals surface area contributed by atoms with E-state index < -0.39 is 4.92 Å². The molecule has 0 N–H and O–H groups in total. The molecule has 0 saturated carbocycles. The van der Waals surface area contributed by atoms with Crippen LogP contribution in [0.15, 0.2) is 24.5 Å². The lowest BCUT2D eigenvalue weighted by Crippen LogP contribution is -2.01. The molecule has 8 heteroatoms. The van der Waals surface area contributed by atoms with Gasteiger partial charge in [-0.3, -0.25) is 14.7 Å². The summed E-state index contributed by atoms with van der Waals surface area (Å²) >= 11 is 7.72. The largest absolute Gasteiger partial charge is 0.293 e. The van der Waals surface area contributed by atoms with Crippen molar-refractivity contribution in [1.29, 1.82) is 0 Å². The van der Waals surface area contributed by atoms with Gasteiger partial charge >= 0.3 is 0 Å². The minimum atomic E-state index is -0.390. The molecule has 0 radical (unpaired) electrons. The number of nitro benzene ring substituents is 1. The smallest absolute Gasteiger partial charge is 0.269 e. The van der Waals surface area contributed by atoms with Gasteiger partial charge in [0.05, 0.1) is 10.6 Å². The molecule has 0 atom stereocenters. The molecule has 94 valence electrons. The van der Waals surface area contributed by atoms with Gasteiger partial charge < -0.3 is 0 Å². The number of hydrogen-bond donors (Lipinski definition) is 0. The van der Waals surface area contributed by atoms with Gasteiger partial charge in [-0.2, -0.15) is 0 Å². The van der Waals surface area contributed by atoms with Gasteiger partial charge in [-0.05, 0) is 56.8 Å². The van der Waals surface area contributed by atoms with E-state index in [1.54, 1.807) is 18.5 Å². The Labute approximate surface area is 139 Å². The van der Waals surface area contributed by atoms with Gasteiger partial charge in [0.2, 0.25) is 0 Å². The van der Waals surface area contributed by atoms with E-state index in [4.69, 9.17) is 0 Å². The van der Waals surface area contributed by atoms with Crippen molar-refractivity contribution >= 4 is 66.8 Å². The fraction of sp³-hybridized carbons (Fsp3) is 0.100. The Kier molecular flexibility index (Phi) is 4.59. The molecule has 1 aromatic carbocycles. The van der Waals surface area contributed by atoms with Crippen LogP contribution in [0, 0.1) is 17.5 Å². The molecule has 2 rings (SSSR count). The highest BCUT2D eigenvalue weighted by molar-refractivity contribution is 14.1. The second-order valence-electron chi connectivity index (χ2n) is 3.40. The first-order valence-corrected chi connectivity index (χ1v) is 8.04. The molecular formula is C10H6BrI2N3O2. The summed E-state index contributed by atoms with van der Waals surface area (Å²) in [6, 6.07) is 4.83. The van der Waals surface area contributed by atoms with E-state index in [1.165, 1.54) is 6.07 Å². The van der Waals surface area contributed by atoms with Crippen LogP contribution in [0.5, 0.6) is 0 Å². The molecule has 18 heavy (non-hydrogen) atoms. The highest BCUT2D eigenvalue weighted by atomic mass is 127. The number of alkyl halides is 1. The van der Waals surface area contributed by atoms with Crippen LogP contribution in [0.3, 0.4) is 0 Å². The van der Waals surface area contributed by atoms with Gasteiger partial charge in [-0.1, -0.05) is 15.9 Å². The molecule has 1 heterocycles. The third kappa shape index (κ3) is 2.69. The molecule has 0 bridgehead atoms. The van der Waals surface area contributed by atoms with Crippen molar-refractivity contribution in [3.8, 4) is 5.69 Å². The fourth-order valence-corrected chi connectivity index (χ4v) is 2.86. The topological polar surface area (TPSA) is 61.0 Å². The number of nitro groups is 1. The van der Waals surface area contributed by atoms with Crippen LogP contribution < -0.4 is 0 Å². The third-order valence-electron chi connectivity index (χ3n) is 2.35. The van der Waals surface area contributed by atoms with Crippen LogP contribution in [0.1, 0.15) is 5.56 Å². The molecule has 5 nitrogen and oxygen atoms in total. The van der Waals surface area contributed by atoms with Crippen molar-refractivity contribution < 1.29 is 4.92 Å². The molecule has 0 aliphatic carbocycles. The number of nitrogens with zero attached hydrogens (tertiary/aromatic N) is 3. The Morgan fingerprint density at radius 2 is 2.17 bits per heavy atom. The minimum Gasteiger partial charge on any atom is -0.293 e. The van der Waals surface area contributed by atoms with Gasteiger partial charge in [-0.25, -0.2) is 4.98 Å². The second-order valence-corrected chi connectivity index (χ2v) is 6.00. The first-order chi connectivity index (χ1) is 8.54. The van der Waals surface area contributed by atoms with Gasteiger partial charge in [0.1, 0.15) is 13.7 Å². The Hall–Kier alpha value is -0.230. The number of halogens is 3. The van der Waals surface area contributed by atoms with Crippen LogP contribution in [0.4, 0.5) is 5.69 Å². The number of non-ortho nitro benzene ring substituents is 1. The quantitative estimate of drug-likeness (QED) is 0.260. The van der Waals surface area contributed by atoms with Crippen LogP contribution in [-0.2, 0) is 5.33 Å². The fourth-order valence-electron chi connectivity index (χ4n) is 1.51. The van der Waals surface area contributed by atoms with E-state index >= 15 is 0 Å². The average Bonchev–Trinajstić information content (AvgIpc) is 2.69. The SMILES string of the molecule is O=[N+]([O-])c1ccc(-n2cnc(I)c2I)c(CBr)c1. The van der Waals surface area contributed by atoms with Crippen LogP contribution in [-0.4, -0.2) is 14.5 Å². The number of hydrogen-bond acceptors (Lipinski definition) is 3. The van der Waals surface area contributed by atoms with Crippen molar-refractivity contribution in [2.75, 3.05) is 0 Å². The van der Waals surface area contributed by atoms with E-state index in [2.05, 4.69) is 66.1 Å². The Balaban J connectivity index is 2.58. The normalized spacial score (nSPS) is 10.6. The summed E-state index contributed by atoms with van der Waals surface area (Å²) in [5.74, 6) is 0. The minimum absolute atomic E-state index is 0.0954. The zero-order valence-electron chi connectivity index (χ0n) is 8.81. The van der Waals surface area contributed by atoms with Crippen LogP contribution in [0.2, 0.25) is 0 Å². The van der Waals surface area contributed by atoms with Crippen molar-refractivity contribution in [1.82, 2.24) is 9.55 Å². The van der Waals surface area contributed by atoms with Gasteiger partial charge in [0.15, 0.2) is 0 Å². The van der Waals surface area contributed by atoms with Crippen molar-refractivity contribution in [2.45, 2.75) is 5.33 Å². The molecule has 0 aliphatic rings. The molecule has 0 unspecified atom stereocenters. The van der Waals surface area contributed by atoms with E-state index in [0.717, 1.165) is 18.7 Å². The lowest BCUT2D eigenvalue weighted by atomic mass is 10.2. The van der Waals surface area contributed by atoms with Crippen LogP contribution >= 0.6 is 61.1 Å². The number of imidazole rings is 1. The van der Waals surface area contributed by atoms with Crippen LogP contribution in [0.25, 0.3) is 5.69 Å². The molecule has 0 spiro atoms. The van der Waals surface area contributed by atoms with E-state index in [-0.39, 0.29) is 5.69 Å². The Morgan fingerprint density at radius 1 is 1.44 bits per heavy atom. The molecule has 1 aromatic heterocycles. The maximum atomic E-state index is 10.8. The summed E-state index contributed by atoms with van der Waals surface area (Å²) in [7, 11) is 0. The predicted octanol–water partition coefficient (Wildman–Crippen LogP) is 3.88. The monoisotopic (exact) mass is 533 g/mol. The highest BCUT2D eigenvalue weighted by Gasteiger charge is 2.14. The van der Waals surface area contributed by atoms with E-state index in [0.29, 0.717) is 5.33 Å². The first-order valence-electron chi connectivity index (χ1n) is 4.76. The van der Waals surface area contributed by atoms with Crippen molar-refractivity contribution in [2.24, 2.45) is 0 Å². The highest BCUT2D eigenvalue weighted by Crippen LogP contribution is 2.26. The zero-order chi connectivity index (χ0) is 13.3. The summed E-state index contributed by atoms with van der Waals surface area (Å²) in [6.07, 6.45) is 1.72. The van der Waals surface area contributed by atoms with E-state index in [9.17, 15) is 10.1 Å². The summed E-state index contributed by atoms with van der Waals surface area (Å²) in [5.41, 5.74) is 1.85. The number of benzene rings is 1. The second kappa shape index (κ2) is 5.82. The Morgan fingerprint density at radius 3 is 2.67 bits per heavy atom. The zero-order valence-corrected chi connectivity index (χ0v) is 14.7.